The van der Waals surface area contributed by atoms with Gasteiger partial charge in [-0.05, 0) is 26.0 Å². The minimum Gasteiger partial charge on any atom is -0.345 e. The number of carbonyl (C=O) groups is 1. The van der Waals surface area contributed by atoms with E-state index in [2.05, 4.69) is 4.98 Å². The molecule has 1 aromatic heterocycles. The molecule has 0 radical (unpaired) electrons. The summed E-state index contributed by atoms with van der Waals surface area (Å²) in [4.78, 5) is 15.4. The van der Waals surface area contributed by atoms with E-state index in [9.17, 15) is 18.0 Å². The molecule has 0 spiro atoms. The average molecular weight is 246 g/mol. The van der Waals surface area contributed by atoms with Crippen LogP contribution in [0.5, 0.6) is 0 Å². The van der Waals surface area contributed by atoms with Crippen molar-refractivity contribution in [2.45, 2.75) is 26.1 Å². The third-order valence-electron chi connectivity index (χ3n) is 2.17. The van der Waals surface area contributed by atoms with Gasteiger partial charge in [0.15, 0.2) is 6.29 Å². The van der Waals surface area contributed by atoms with Crippen molar-refractivity contribution in [3.8, 4) is 0 Å². The summed E-state index contributed by atoms with van der Waals surface area (Å²) in [7, 11) is 0. The standard InChI is InChI=1S/C11H13F3N2O/c1-8(2)16(7-11(12,13)14)10-4-3-9(6-17)5-15-10/h3-6,8H,7H2,1-2H3. The molecule has 94 valence electrons. The zero-order valence-electron chi connectivity index (χ0n) is 9.53. The first-order valence-corrected chi connectivity index (χ1v) is 5.08. The first-order chi connectivity index (χ1) is 7.83. The highest BCUT2D eigenvalue weighted by atomic mass is 19.4. The minimum atomic E-state index is -4.28. The second-order valence-electron chi connectivity index (χ2n) is 3.90. The third-order valence-corrected chi connectivity index (χ3v) is 2.17. The van der Waals surface area contributed by atoms with E-state index in [1.54, 1.807) is 13.8 Å². The molecule has 0 bridgehead atoms. The number of nitrogens with zero attached hydrogens (tertiary/aromatic N) is 2. The van der Waals surface area contributed by atoms with E-state index < -0.39 is 12.7 Å². The lowest BCUT2D eigenvalue weighted by Crippen LogP contribution is -2.39. The lowest BCUT2D eigenvalue weighted by atomic mass is 10.2. The Morgan fingerprint density at radius 2 is 2.06 bits per heavy atom. The Labute approximate surface area is 97.3 Å². The van der Waals surface area contributed by atoms with Crippen molar-refractivity contribution in [2.24, 2.45) is 0 Å². The molecule has 1 aromatic rings. The number of carbonyl (C=O) groups excluding carboxylic acids is 1. The van der Waals surface area contributed by atoms with Crippen molar-refractivity contribution in [1.82, 2.24) is 4.98 Å². The summed E-state index contributed by atoms with van der Waals surface area (Å²) in [5.74, 6) is 0.211. The summed E-state index contributed by atoms with van der Waals surface area (Å²) in [6.45, 7) is 2.25. The Morgan fingerprint density at radius 3 is 2.41 bits per heavy atom. The van der Waals surface area contributed by atoms with E-state index in [1.165, 1.54) is 18.3 Å². The van der Waals surface area contributed by atoms with Gasteiger partial charge < -0.3 is 4.90 Å². The fourth-order valence-corrected chi connectivity index (χ4v) is 1.36. The van der Waals surface area contributed by atoms with E-state index >= 15 is 0 Å². The van der Waals surface area contributed by atoms with E-state index in [1.807, 2.05) is 0 Å². The fourth-order valence-electron chi connectivity index (χ4n) is 1.36. The number of aromatic nitrogens is 1. The monoisotopic (exact) mass is 246 g/mol. The van der Waals surface area contributed by atoms with Crippen molar-refractivity contribution in [3.05, 3.63) is 23.9 Å². The van der Waals surface area contributed by atoms with Gasteiger partial charge in [-0.2, -0.15) is 13.2 Å². The molecule has 0 saturated carbocycles. The van der Waals surface area contributed by atoms with Crippen LogP contribution in [0.2, 0.25) is 0 Å². The molecule has 1 heterocycles. The maximum atomic E-state index is 12.4. The summed E-state index contributed by atoms with van der Waals surface area (Å²) in [5.41, 5.74) is 0.337. The van der Waals surface area contributed by atoms with Gasteiger partial charge in [0.05, 0.1) is 0 Å². The van der Waals surface area contributed by atoms with Gasteiger partial charge in [0, 0.05) is 17.8 Å². The smallest absolute Gasteiger partial charge is 0.345 e. The van der Waals surface area contributed by atoms with Gasteiger partial charge in [-0.15, -0.1) is 0 Å². The number of alkyl halides is 3. The van der Waals surface area contributed by atoms with Gasteiger partial charge in [0.2, 0.25) is 0 Å². The van der Waals surface area contributed by atoms with E-state index in [4.69, 9.17) is 0 Å². The van der Waals surface area contributed by atoms with Crippen LogP contribution in [0.25, 0.3) is 0 Å². The third kappa shape index (κ3) is 4.05. The maximum absolute atomic E-state index is 12.4. The second-order valence-corrected chi connectivity index (χ2v) is 3.90. The lowest BCUT2D eigenvalue weighted by Gasteiger charge is -2.28. The predicted molar refractivity (Wildman–Crippen MR) is 58.2 cm³/mol. The number of halogens is 3. The molecule has 1 rings (SSSR count). The number of hydrogen-bond acceptors (Lipinski definition) is 3. The van der Waals surface area contributed by atoms with Crippen LogP contribution in [0, 0.1) is 0 Å². The Bertz CT molecular complexity index is 373. The zero-order chi connectivity index (χ0) is 13.1. The molecule has 0 aromatic carbocycles. The van der Waals surface area contributed by atoms with Crippen molar-refractivity contribution >= 4 is 12.1 Å². The van der Waals surface area contributed by atoms with Gasteiger partial charge in [-0.25, -0.2) is 4.98 Å². The van der Waals surface area contributed by atoms with Crippen LogP contribution in [0.3, 0.4) is 0 Å². The summed E-state index contributed by atoms with van der Waals surface area (Å²) in [6.07, 6.45) is -2.43. The molecule has 0 fully saturated rings. The molecule has 17 heavy (non-hydrogen) atoms. The molecule has 0 amide bonds. The van der Waals surface area contributed by atoms with Crippen molar-refractivity contribution < 1.29 is 18.0 Å². The quantitative estimate of drug-likeness (QED) is 0.766. The van der Waals surface area contributed by atoms with E-state index in [0.717, 1.165) is 4.90 Å². The van der Waals surface area contributed by atoms with Gasteiger partial charge in [-0.3, -0.25) is 4.79 Å². The molecule has 6 heteroatoms. The highest BCUT2D eigenvalue weighted by Gasteiger charge is 2.32. The van der Waals surface area contributed by atoms with Crippen LogP contribution in [0.15, 0.2) is 18.3 Å². The highest BCUT2D eigenvalue weighted by Crippen LogP contribution is 2.22. The summed E-state index contributed by atoms with van der Waals surface area (Å²) in [6, 6.07) is 2.53. The van der Waals surface area contributed by atoms with E-state index in [-0.39, 0.29) is 11.9 Å². The minimum absolute atomic E-state index is 0.211. The topological polar surface area (TPSA) is 33.2 Å². The van der Waals surface area contributed by atoms with Crippen molar-refractivity contribution in [3.63, 3.8) is 0 Å². The number of anilines is 1. The molecule has 3 nitrogen and oxygen atoms in total. The van der Waals surface area contributed by atoms with Crippen LogP contribution < -0.4 is 4.90 Å². The maximum Gasteiger partial charge on any atom is 0.405 e. The SMILES string of the molecule is CC(C)N(CC(F)(F)F)c1ccc(C=O)cn1. The predicted octanol–water partition coefficient (Wildman–Crippen LogP) is 2.67. The normalized spacial score (nSPS) is 11.6. The number of pyridine rings is 1. The Balaban J connectivity index is 2.93. The zero-order valence-corrected chi connectivity index (χ0v) is 9.53. The molecular formula is C11H13F3N2O. The molecular weight excluding hydrogens is 233 g/mol. The lowest BCUT2D eigenvalue weighted by molar-refractivity contribution is -0.120. The van der Waals surface area contributed by atoms with Crippen LogP contribution in [-0.4, -0.2) is 30.0 Å². The van der Waals surface area contributed by atoms with Gasteiger partial charge in [0.25, 0.3) is 0 Å². The van der Waals surface area contributed by atoms with E-state index in [0.29, 0.717) is 11.8 Å². The molecule has 0 N–H and O–H groups in total. The first kappa shape index (κ1) is 13.5. The number of aldehydes is 1. The average Bonchev–Trinajstić information content (AvgIpc) is 2.25. The highest BCUT2D eigenvalue weighted by molar-refractivity contribution is 5.74. The van der Waals surface area contributed by atoms with Gasteiger partial charge >= 0.3 is 6.18 Å². The summed E-state index contributed by atoms with van der Waals surface area (Å²) >= 11 is 0. The molecule has 0 aliphatic rings. The number of hydrogen-bond donors (Lipinski definition) is 0. The first-order valence-electron chi connectivity index (χ1n) is 5.08. The molecule has 0 aliphatic heterocycles. The largest absolute Gasteiger partial charge is 0.405 e. The summed E-state index contributed by atoms with van der Waals surface area (Å²) < 4.78 is 37.1. The molecule has 0 aliphatic carbocycles. The van der Waals surface area contributed by atoms with Crippen LogP contribution >= 0.6 is 0 Å². The van der Waals surface area contributed by atoms with Gasteiger partial charge in [0.1, 0.15) is 12.4 Å². The Morgan fingerprint density at radius 1 is 1.41 bits per heavy atom. The van der Waals surface area contributed by atoms with Crippen LogP contribution in [0.4, 0.5) is 19.0 Å². The van der Waals surface area contributed by atoms with Crippen LogP contribution in [0.1, 0.15) is 24.2 Å². The Kier molecular flexibility index (Phi) is 4.09. The van der Waals surface area contributed by atoms with Crippen molar-refractivity contribution in [1.29, 1.82) is 0 Å². The van der Waals surface area contributed by atoms with Crippen LogP contribution in [-0.2, 0) is 0 Å². The molecule has 0 unspecified atom stereocenters. The van der Waals surface area contributed by atoms with Gasteiger partial charge in [-0.1, -0.05) is 0 Å². The molecule has 0 saturated heterocycles. The van der Waals surface area contributed by atoms with Crippen molar-refractivity contribution in [2.75, 3.05) is 11.4 Å². The second kappa shape index (κ2) is 5.16. The fraction of sp³-hybridized carbons (Fsp3) is 0.455. The summed E-state index contributed by atoms with van der Waals surface area (Å²) in [5, 5.41) is 0. The Hall–Kier alpha value is -1.59. The molecule has 0 atom stereocenters. The number of rotatable bonds is 4.